The van der Waals surface area contributed by atoms with E-state index in [-0.39, 0.29) is 17.6 Å². The van der Waals surface area contributed by atoms with E-state index >= 15 is 0 Å². The third-order valence-corrected chi connectivity index (χ3v) is 5.13. The van der Waals surface area contributed by atoms with E-state index < -0.39 is 5.91 Å². The molecule has 1 aliphatic carbocycles. The summed E-state index contributed by atoms with van der Waals surface area (Å²) in [7, 11) is 1.45. The zero-order chi connectivity index (χ0) is 18.7. The minimum Gasteiger partial charge on any atom is -0.469 e. The number of rotatable bonds is 4. The Morgan fingerprint density at radius 2 is 1.77 bits per heavy atom. The molecule has 2 N–H and O–H groups in total. The van der Waals surface area contributed by atoms with Crippen molar-refractivity contribution in [1.82, 2.24) is 9.97 Å². The maximum absolute atomic E-state index is 11.7. The van der Waals surface area contributed by atoms with Gasteiger partial charge in [0, 0.05) is 5.56 Å². The second-order valence-corrected chi connectivity index (χ2v) is 6.75. The van der Waals surface area contributed by atoms with Gasteiger partial charge >= 0.3 is 5.97 Å². The number of methoxy groups -OCH3 is 1. The first-order chi connectivity index (χ1) is 12.5. The Balaban J connectivity index is 1.75. The number of aryl methyl sites for hydroxylation is 1. The van der Waals surface area contributed by atoms with Crippen molar-refractivity contribution >= 4 is 11.9 Å². The molecular weight excluding hydrogens is 330 g/mol. The number of esters is 1. The molecule has 6 heteroatoms. The van der Waals surface area contributed by atoms with E-state index in [1.807, 2.05) is 19.1 Å². The van der Waals surface area contributed by atoms with Crippen molar-refractivity contribution in [2.24, 2.45) is 11.7 Å². The molecule has 0 aliphatic heterocycles. The first-order valence-electron chi connectivity index (χ1n) is 8.81. The number of nitrogens with zero attached hydrogens (tertiary/aromatic N) is 2. The maximum Gasteiger partial charge on any atom is 0.308 e. The lowest BCUT2D eigenvalue weighted by Crippen LogP contribution is -2.22. The molecule has 26 heavy (non-hydrogen) atoms. The average molecular weight is 353 g/mol. The third-order valence-electron chi connectivity index (χ3n) is 5.13. The summed E-state index contributed by atoms with van der Waals surface area (Å²) in [5.41, 5.74) is 9.05. The molecule has 0 unspecified atom stereocenters. The van der Waals surface area contributed by atoms with Gasteiger partial charge in [-0.25, -0.2) is 4.98 Å². The van der Waals surface area contributed by atoms with Crippen LogP contribution in [0.25, 0.3) is 11.3 Å². The van der Waals surface area contributed by atoms with Gasteiger partial charge in [0.1, 0.15) is 5.69 Å². The lowest BCUT2D eigenvalue weighted by Gasteiger charge is -2.27. The van der Waals surface area contributed by atoms with Crippen molar-refractivity contribution in [3.8, 4) is 11.3 Å². The third kappa shape index (κ3) is 3.74. The van der Waals surface area contributed by atoms with Gasteiger partial charge in [0.25, 0.3) is 5.91 Å². The monoisotopic (exact) mass is 353 g/mol. The summed E-state index contributed by atoms with van der Waals surface area (Å²) in [6.45, 7) is 1.86. The second kappa shape index (κ2) is 7.64. The lowest BCUT2D eigenvalue weighted by atomic mass is 9.78. The Bertz CT molecular complexity index is 810. The van der Waals surface area contributed by atoms with Gasteiger partial charge in [-0.3, -0.25) is 14.6 Å². The van der Waals surface area contributed by atoms with Crippen LogP contribution in [0.15, 0.2) is 30.5 Å². The topological polar surface area (TPSA) is 95.2 Å². The minimum atomic E-state index is -0.585. The van der Waals surface area contributed by atoms with Gasteiger partial charge in [-0.1, -0.05) is 24.3 Å². The Morgan fingerprint density at radius 3 is 2.35 bits per heavy atom. The van der Waals surface area contributed by atoms with E-state index in [4.69, 9.17) is 10.5 Å². The smallest absolute Gasteiger partial charge is 0.308 e. The molecular formula is C20H23N3O3. The molecule has 0 spiro atoms. The van der Waals surface area contributed by atoms with Crippen molar-refractivity contribution in [2.75, 3.05) is 7.11 Å². The van der Waals surface area contributed by atoms with Gasteiger partial charge in [-0.2, -0.15) is 0 Å². The number of primary amides is 1. The van der Waals surface area contributed by atoms with Crippen molar-refractivity contribution in [2.45, 2.75) is 38.5 Å². The number of aromatic nitrogens is 2. The normalized spacial score (nSPS) is 19.8. The van der Waals surface area contributed by atoms with E-state index in [1.165, 1.54) is 18.9 Å². The summed E-state index contributed by atoms with van der Waals surface area (Å²) in [5, 5.41) is 0. The van der Waals surface area contributed by atoms with Crippen molar-refractivity contribution < 1.29 is 14.3 Å². The lowest BCUT2D eigenvalue weighted by molar-refractivity contribution is -0.146. The fourth-order valence-electron chi connectivity index (χ4n) is 3.58. The number of hydrogen-bond acceptors (Lipinski definition) is 5. The highest BCUT2D eigenvalue weighted by Crippen LogP contribution is 2.36. The van der Waals surface area contributed by atoms with Crippen LogP contribution >= 0.6 is 0 Å². The van der Waals surface area contributed by atoms with E-state index in [2.05, 4.69) is 22.1 Å². The predicted octanol–water partition coefficient (Wildman–Crippen LogP) is 3.00. The first-order valence-corrected chi connectivity index (χ1v) is 8.81. The predicted molar refractivity (Wildman–Crippen MR) is 97.4 cm³/mol. The SMILES string of the molecule is COC(=O)C1CCC(c2ccc(-c3nc(C(N)=O)cnc3C)cc2)CC1. The van der Waals surface area contributed by atoms with Crippen LogP contribution < -0.4 is 5.73 Å². The number of hydrogen-bond donors (Lipinski definition) is 1. The summed E-state index contributed by atoms with van der Waals surface area (Å²) in [6, 6.07) is 8.19. The van der Waals surface area contributed by atoms with Crippen LogP contribution in [0, 0.1) is 12.8 Å². The molecule has 0 atom stereocenters. The molecule has 1 aromatic heterocycles. The zero-order valence-electron chi connectivity index (χ0n) is 15.1. The van der Waals surface area contributed by atoms with E-state index in [0.29, 0.717) is 11.6 Å². The molecule has 1 fully saturated rings. The Hall–Kier alpha value is -2.76. The van der Waals surface area contributed by atoms with Crippen LogP contribution in [-0.4, -0.2) is 29.0 Å². The summed E-state index contributed by atoms with van der Waals surface area (Å²) in [4.78, 5) is 31.5. The van der Waals surface area contributed by atoms with Crippen LogP contribution in [0.2, 0.25) is 0 Å². The summed E-state index contributed by atoms with van der Waals surface area (Å²) >= 11 is 0. The van der Waals surface area contributed by atoms with E-state index in [9.17, 15) is 9.59 Å². The average Bonchev–Trinajstić information content (AvgIpc) is 2.68. The van der Waals surface area contributed by atoms with Crippen molar-refractivity contribution in [3.63, 3.8) is 0 Å². The molecule has 0 saturated heterocycles. The van der Waals surface area contributed by atoms with Gasteiger partial charge in [0.15, 0.2) is 0 Å². The Labute approximate surface area is 152 Å². The molecule has 6 nitrogen and oxygen atoms in total. The summed E-state index contributed by atoms with van der Waals surface area (Å²) in [5.74, 6) is -0.195. The van der Waals surface area contributed by atoms with Crippen LogP contribution in [0.3, 0.4) is 0 Å². The highest BCUT2D eigenvalue weighted by Gasteiger charge is 2.27. The summed E-state index contributed by atoms with van der Waals surface area (Å²) < 4.78 is 4.85. The van der Waals surface area contributed by atoms with Crippen LogP contribution in [0.5, 0.6) is 0 Å². The molecule has 136 valence electrons. The highest BCUT2D eigenvalue weighted by molar-refractivity contribution is 5.91. The number of ether oxygens (including phenoxy) is 1. The van der Waals surface area contributed by atoms with Gasteiger partial charge < -0.3 is 10.5 Å². The van der Waals surface area contributed by atoms with Crippen molar-refractivity contribution in [3.05, 3.63) is 47.4 Å². The Morgan fingerprint density at radius 1 is 1.12 bits per heavy atom. The van der Waals surface area contributed by atoms with Crippen LogP contribution in [-0.2, 0) is 9.53 Å². The van der Waals surface area contributed by atoms with Gasteiger partial charge in [-0.05, 0) is 44.1 Å². The van der Waals surface area contributed by atoms with E-state index in [0.717, 1.165) is 36.9 Å². The molecule has 0 bridgehead atoms. The zero-order valence-corrected chi connectivity index (χ0v) is 15.1. The number of amides is 1. The highest BCUT2D eigenvalue weighted by atomic mass is 16.5. The largest absolute Gasteiger partial charge is 0.469 e. The molecule has 0 radical (unpaired) electrons. The van der Waals surface area contributed by atoms with Crippen LogP contribution in [0.4, 0.5) is 0 Å². The molecule has 2 aromatic rings. The fraction of sp³-hybridized carbons (Fsp3) is 0.400. The quantitative estimate of drug-likeness (QED) is 0.853. The van der Waals surface area contributed by atoms with Gasteiger partial charge in [-0.15, -0.1) is 0 Å². The Kier molecular flexibility index (Phi) is 5.30. The molecule has 1 saturated carbocycles. The molecule has 1 amide bonds. The molecule has 1 aromatic carbocycles. The molecule has 1 heterocycles. The first kappa shape index (κ1) is 18.0. The van der Waals surface area contributed by atoms with Gasteiger partial charge in [0.05, 0.1) is 30.6 Å². The number of carbonyl (C=O) groups excluding carboxylic acids is 2. The standard InChI is InChI=1S/C20H23N3O3/c1-12-18(23-17(11-22-12)19(21)24)15-7-3-13(4-8-15)14-5-9-16(10-6-14)20(25)26-2/h3-4,7-8,11,14,16H,5-6,9-10H2,1-2H3,(H2,21,24). The number of carbonyl (C=O) groups is 2. The molecule has 1 aliphatic rings. The minimum absolute atomic E-state index is 0.0324. The maximum atomic E-state index is 11.7. The van der Waals surface area contributed by atoms with Crippen LogP contribution in [0.1, 0.15) is 53.3 Å². The summed E-state index contributed by atoms with van der Waals surface area (Å²) in [6.07, 6.45) is 5.09. The number of benzene rings is 1. The number of nitrogens with two attached hydrogens (primary N) is 1. The second-order valence-electron chi connectivity index (χ2n) is 6.75. The van der Waals surface area contributed by atoms with Crippen molar-refractivity contribution in [1.29, 1.82) is 0 Å². The molecule has 3 rings (SSSR count). The van der Waals surface area contributed by atoms with E-state index in [1.54, 1.807) is 0 Å². The fourth-order valence-corrected chi connectivity index (χ4v) is 3.58. The van der Waals surface area contributed by atoms with Gasteiger partial charge in [0.2, 0.25) is 0 Å².